The van der Waals surface area contributed by atoms with Gasteiger partial charge in [0, 0.05) is 31.9 Å². The third-order valence-corrected chi connectivity index (χ3v) is 5.44. The number of amides is 2. The molecule has 3 aromatic rings. The number of ether oxygens (including phenoxy) is 2. The van der Waals surface area contributed by atoms with E-state index in [1.807, 2.05) is 0 Å². The quantitative estimate of drug-likeness (QED) is 0.323. The summed E-state index contributed by atoms with van der Waals surface area (Å²) in [4.78, 5) is 41.9. The van der Waals surface area contributed by atoms with E-state index in [1.165, 1.54) is 23.0 Å². The molecule has 13 heteroatoms. The minimum Gasteiger partial charge on any atom is -0.467 e. The van der Waals surface area contributed by atoms with E-state index in [9.17, 15) is 18.8 Å². The second kappa shape index (κ2) is 13.0. The van der Waals surface area contributed by atoms with Crippen LogP contribution in [0.1, 0.15) is 36.7 Å². The fraction of sp³-hybridized carbons (Fsp3) is 0.370. The van der Waals surface area contributed by atoms with Gasteiger partial charge in [0.05, 0.1) is 18.9 Å². The normalized spacial score (nSPS) is 11.9. The Bertz CT molecular complexity index is 1370. The zero-order chi connectivity index (χ0) is 29.4. The summed E-state index contributed by atoms with van der Waals surface area (Å²) in [5, 5.41) is 11.9. The molecule has 0 radical (unpaired) electrons. The molecule has 0 aliphatic carbocycles. The molecule has 0 fully saturated rings. The number of aromatic nitrogens is 3. The lowest BCUT2D eigenvalue weighted by Crippen LogP contribution is -2.50. The fourth-order valence-electron chi connectivity index (χ4n) is 3.64. The zero-order valence-corrected chi connectivity index (χ0v) is 22.9. The first-order valence-corrected chi connectivity index (χ1v) is 12.4. The molecule has 2 aromatic heterocycles. The molecule has 2 heterocycles. The Balaban J connectivity index is 1.82. The Morgan fingerprint density at radius 1 is 1.15 bits per heavy atom. The molecular formula is C27H32F2N6O5. The van der Waals surface area contributed by atoms with Gasteiger partial charge in [0.2, 0.25) is 0 Å². The maximum Gasteiger partial charge on any atom is 0.408 e. The predicted molar refractivity (Wildman–Crippen MR) is 142 cm³/mol. The van der Waals surface area contributed by atoms with E-state index in [-0.39, 0.29) is 36.0 Å². The Morgan fingerprint density at radius 3 is 2.52 bits per heavy atom. The number of alkyl carbamates (subject to hydrolysis) is 1. The third kappa shape index (κ3) is 8.48. The van der Waals surface area contributed by atoms with Crippen LogP contribution in [0.5, 0.6) is 0 Å². The van der Waals surface area contributed by atoms with E-state index in [0.29, 0.717) is 17.5 Å². The predicted octanol–water partition coefficient (Wildman–Crippen LogP) is 3.21. The molecule has 3 rings (SSSR count). The molecular weight excluding hydrogens is 526 g/mol. The molecule has 40 heavy (non-hydrogen) atoms. The molecule has 0 aliphatic rings. The molecule has 3 N–H and O–H groups in total. The van der Waals surface area contributed by atoms with E-state index in [1.54, 1.807) is 46.1 Å². The van der Waals surface area contributed by atoms with E-state index in [0.717, 1.165) is 13.2 Å². The number of esters is 1. The van der Waals surface area contributed by atoms with Gasteiger partial charge in [0.1, 0.15) is 29.0 Å². The number of hydrogen-bond acceptors (Lipinski definition) is 8. The number of nitrogens with zero attached hydrogens (tertiary/aromatic N) is 3. The molecule has 0 spiro atoms. The number of aryl methyl sites for hydroxylation is 1. The van der Waals surface area contributed by atoms with Crippen molar-refractivity contribution in [1.82, 2.24) is 25.4 Å². The minimum atomic E-state index is -1.28. The van der Waals surface area contributed by atoms with Crippen LogP contribution >= 0.6 is 0 Å². The zero-order valence-electron chi connectivity index (χ0n) is 22.9. The molecule has 11 nitrogen and oxygen atoms in total. The van der Waals surface area contributed by atoms with Crippen LogP contribution in [-0.2, 0) is 27.7 Å². The first kappa shape index (κ1) is 30.0. The van der Waals surface area contributed by atoms with Crippen molar-refractivity contribution in [2.75, 3.05) is 25.5 Å². The monoisotopic (exact) mass is 558 g/mol. The summed E-state index contributed by atoms with van der Waals surface area (Å²) in [6, 6.07) is 5.80. The highest BCUT2D eigenvalue weighted by Crippen LogP contribution is 2.25. The molecule has 1 aromatic carbocycles. The number of benzene rings is 1. The van der Waals surface area contributed by atoms with E-state index in [2.05, 4.69) is 26.0 Å². The lowest BCUT2D eigenvalue weighted by atomic mass is 10.1. The summed E-state index contributed by atoms with van der Waals surface area (Å²) in [7, 11) is 2.80. The van der Waals surface area contributed by atoms with Gasteiger partial charge in [0.25, 0.3) is 5.91 Å². The average molecular weight is 559 g/mol. The van der Waals surface area contributed by atoms with Crippen molar-refractivity contribution in [2.24, 2.45) is 7.05 Å². The number of rotatable bonds is 10. The maximum atomic E-state index is 15.1. The van der Waals surface area contributed by atoms with Crippen molar-refractivity contribution in [1.29, 1.82) is 0 Å². The molecule has 1 atom stereocenters. The molecule has 2 amide bonds. The average Bonchev–Trinajstić information content (AvgIpc) is 3.31. The SMILES string of the molecule is COC(=O)[C@@H](CNC(=O)c1cc(F)c(-c2cnn(C)c2)nc1NCCc1cccc(F)c1)NC(=O)OC(C)(C)C. The van der Waals surface area contributed by atoms with Gasteiger partial charge in [0.15, 0.2) is 5.82 Å². The minimum absolute atomic E-state index is 0.0306. The Morgan fingerprint density at radius 2 is 1.90 bits per heavy atom. The van der Waals surface area contributed by atoms with E-state index < -0.39 is 35.4 Å². The fourth-order valence-corrected chi connectivity index (χ4v) is 3.64. The highest BCUT2D eigenvalue weighted by atomic mass is 19.1. The van der Waals surface area contributed by atoms with Gasteiger partial charge >= 0.3 is 12.1 Å². The standard InChI is InChI=1S/C27H32F2N6O5/c1-27(2,3)40-26(38)33-21(25(37)39-5)14-31-24(36)19-12-20(29)22(17-13-32-35(4)15-17)34-23(19)30-10-9-16-7-6-8-18(28)11-16/h6-8,11-13,15,21H,9-10,14H2,1-5H3,(H,30,34)(H,31,36)(H,33,38)/t21-/m1/s1. The van der Waals surface area contributed by atoms with Gasteiger partial charge in [-0.05, 0) is 51.0 Å². The van der Waals surface area contributed by atoms with Crippen molar-refractivity contribution >= 4 is 23.8 Å². The Hall–Kier alpha value is -4.55. The third-order valence-electron chi connectivity index (χ3n) is 5.44. The molecule has 214 valence electrons. The van der Waals surface area contributed by atoms with Gasteiger partial charge in [-0.2, -0.15) is 5.10 Å². The number of carbonyl (C=O) groups excluding carboxylic acids is 3. The second-order valence-electron chi connectivity index (χ2n) is 9.86. The smallest absolute Gasteiger partial charge is 0.408 e. The molecule has 0 saturated heterocycles. The topological polar surface area (TPSA) is 136 Å². The van der Waals surface area contributed by atoms with Crippen LogP contribution in [0, 0.1) is 11.6 Å². The summed E-state index contributed by atoms with van der Waals surface area (Å²) < 4.78 is 40.1. The van der Waals surface area contributed by atoms with Crippen LogP contribution in [0.4, 0.5) is 19.4 Å². The summed E-state index contributed by atoms with van der Waals surface area (Å²) in [5.41, 5.74) is 0.108. The van der Waals surface area contributed by atoms with Crippen molar-refractivity contribution in [3.05, 3.63) is 65.5 Å². The maximum absolute atomic E-state index is 15.1. The lowest BCUT2D eigenvalue weighted by molar-refractivity contribution is -0.142. The van der Waals surface area contributed by atoms with Crippen LogP contribution in [-0.4, -0.2) is 64.6 Å². The highest BCUT2D eigenvalue weighted by Gasteiger charge is 2.27. The molecule has 0 aliphatic heterocycles. The number of carbonyl (C=O) groups is 3. The van der Waals surface area contributed by atoms with Crippen LogP contribution in [0.2, 0.25) is 0 Å². The van der Waals surface area contributed by atoms with Gasteiger partial charge in [-0.15, -0.1) is 0 Å². The number of anilines is 1. The number of pyridine rings is 1. The number of hydrogen-bond donors (Lipinski definition) is 3. The van der Waals surface area contributed by atoms with Crippen molar-refractivity contribution in [2.45, 2.75) is 38.8 Å². The largest absolute Gasteiger partial charge is 0.467 e. The summed E-state index contributed by atoms with van der Waals surface area (Å²) in [6.07, 6.45) is 2.52. The van der Waals surface area contributed by atoms with E-state index >= 15 is 4.39 Å². The Labute approximate surface area is 230 Å². The first-order chi connectivity index (χ1) is 18.9. The number of halogens is 2. The summed E-state index contributed by atoms with van der Waals surface area (Å²) >= 11 is 0. The lowest BCUT2D eigenvalue weighted by Gasteiger charge is -2.23. The Kier molecular flexibility index (Phi) is 9.75. The van der Waals surface area contributed by atoms with Crippen LogP contribution in [0.3, 0.4) is 0 Å². The van der Waals surface area contributed by atoms with Crippen LogP contribution < -0.4 is 16.0 Å². The number of methoxy groups -OCH3 is 1. The summed E-state index contributed by atoms with van der Waals surface area (Å²) in [6.45, 7) is 4.84. The first-order valence-electron chi connectivity index (χ1n) is 12.4. The van der Waals surface area contributed by atoms with Gasteiger partial charge in [-0.3, -0.25) is 9.48 Å². The van der Waals surface area contributed by atoms with Crippen molar-refractivity contribution in [3.8, 4) is 11.3 Å². The molecule has 0 bridgehead atoms. The van der Waals surface area contributed by atoms with Gasteiger partial charge < -0.3 is 25.4 Å². The second-order valence-corrected chi connectivity index (χ2v) is 9.86. The van der Waals surface area contributed by atoms with E-state index in [4.69, 9.17) is 9.47 Å². The van der Waals surface area contributed by atoms with Crippen molar-refractivity contribution in [3.63, 3.8) is 0 Å². The molecule has 0 saturated carbocycles. The van der Waals surface area contributed by atoms with Gasteiger partial charge in [-0.1, -0.05) is 12.1 Å². The van der Waals surface area contributed by atoms with Crippen LogP contribution in [0.25, 0.3) is 11.3 Å². The van der Waals surface area contributed by atoms with Crippen molar-refractivity contribution < 1.29 is 32.6 Å². The number of nitrogens with one attached hydrogen (secondary N) is 3. The molecule has 0 unspecified atom stereocenters. The van der Waals surface area contributed by atoms with Gasteiger partial charge in [-0.25, -0.2) is 23.4 Å². The summed E-state index contributed by atoms with van der Waals surface area (Å²) in [5.74, 6) is -2.68. The highest BCUT2D eigenvalue weighted by molar-refractivity contribution is 5.99. The van der Waals surface area contributed by atoms with Crippen LogP contribution in [0.15, 0.2) is 42.7 Å².